The molecule has 2 N–H and O–H groups in total. The number of nitrogens with zero attached hydrogens (tertiary/aromatic N) is 1. The monoisotopic (exact) mass is 235 g/mol. The van der Waals surface area contributed by atoms with Crippen LogP contribution < -0.4 is 10.6 Å². The second-order valence-corrected chi connectivity index (χ2v) is 4.53. The van der Waals surface area contributed by atoms with Gasteiger partial charge in [0.25, 0.3) is 5.91 Å². The molecule has 1 aliphatic heterocycles. The van der Waals surface area contributed by atoms with Crippen LogP contribution >= 0.6 is 0 Å². The van der Waals surface area contributed by atoms with E-state index in [4.69, 9.17) is 0 Å². The molecule has 1 atom stereocenters. The SMILES string of the molecule is CCn1cccc1C(=O)NC1CCCNCC1. The Morgan fingerprint density at radius 1 is 1.53 bits per heavy atom. The van der Waals surface area contributed by atoms with E-state index in [1.165, 1.54) is 0 Å². The minimum absolute atomic E-state index is 0.0590. The Morgan fingerprint density at radius 2 is 2.41 bits per heavy atom. The smallest absolute Gasteiger partial charge is 0.268 e. The first-order valence-electron chi connectivity index (χ1n) is 6.48. The minimum atomic E-state index is 0.0590. The first-order valence-corrected chi connectivity index (χ1v) is 6.48. The molecule has 4 heteroatoms. The topological polar surface area (TPSA) is 46.1 Å². The molecular weight excluding hydrogens is 214 g/mol. The van der Waals surface area contributed by atoms with Crippen molar-refractivity contribution in [2.75, 3.05) is 13.1 Å². The standard InChI is InChI=1S/C13H21N3O/c1-2-16-10-4-6-12(16)13(17)15-11-5-3-8-14-9-7-11/h4,6,10-11,14H,2-3,5,7-9H2,1H3,(H,15,17). The highest BCUT2D eigenvalue weighted by molar-refractivity contribution is 5.92. The summed E-state index contributed by atoms with van der Waals surface area (Å²) in [4.78, 5) is 12.1. The summed E-state index contributed by atoms with van der Waals surface area (Å²) >= 11 is 0. The van der Waals surface area contributed by atoms with Crippen LogP contribution in [0.2, 0.25) is 0 Å². The molecule has 1 amide bonds. The molecule has 1 aliphatic rings. The fraction of sp³-hybridized carbons (Fsp3) is 0.615. The van der Waals surface area contributed by atoms with Crippen LogP contribution in [0.15, 0.2) is 18.3 Å². The molecule has 94 valence electrons. The van der Waals surface area contributed by atoms with Crippen molar-refractivity contribution in [1.29, 1.82) is 0 Å². The Balaban J connectivity index is 1.96. The molecule has 0 aliphatic carbocycles. The van der Waals surface area contributed by atoms with Crippen molar-refractivity contribution in [3.05, 3.63) is 24.0 Å². The highest BCUT2D eigenvalue weighted by Gasteiger charge is 2.17. The van der Waals surface area contributed by atoms with Gasteiger partial charge >= 0.3 is 0 Å². The third-order valence-corrected chi connectivity index (χ3v) is 3.31. The van der Waals surface area contributed by atoms with Crippen molar-refractivity contribution in [2.24, 2.45) is 0 Å². The summed E-state index contributed by atoms with van der Waals surface area (Å²) in [6.45, 7) is 4.95. The lowest BCUT2D eigenvalue weighted by Crippen LogP contribution is -2.36. The normalized spacial score (nSPS) is 20.9. The van der Waals surface area contributed by atoms with E-state index in [1.807, 2.05) is 29.8 Å². The number of rotatable bonds is 3. The van der Waals surface area contributed by atoms with Crippen molar-refractivity contribution in [2.45, 2.75) is 38.8 Å². The molecule has 0 saturated carbocycles. The average Bonchev–Trinajstić information content (AvgIpc) is 2.68. The van der Waals surface area contributed by atoms with Crippen LogP contribution in [-0.2, 0) is 6.54 Å². The first-order chi connectivity index (χ1) is 8.31. The fourth-order valence-electron chi connectivity index (χ4n) is 2.32. The van der Waals surface area contributed by atoms with Gasteiger partial charge in [-0.1, -0.05) is 0 Å². The number of aromatic nitrogens is 1. The molecule has 2 heterocycles. The van der Waals surface area contributed by atoms with Crippen LogP contribution in [0, 0.1) is 0 Å². The Kier molecular flexibility index (Phi) is 4.20. The molecule has 1 fully saturated rings. The lowest BCUT2D eigenvalue weighted by atomic mass is 10.1. The van der Waals surface area contributed by atoms with E-state index in [0.717, 1.165) is 44.6 Å². The number of carbonyl (C=O) groups is 1. The predicted molar refractivity (Wildman–Crippen MR) is 68.1 cm³/mol. The Labute approximate surface area is 102 Å². The maximum absolute atomic E-state index is 12.1. The van der Waals surface area contributed by atoms with Gasteiger partial charge in [-0.2, -0.15) is 0 Å². The number of aryl methyl sites for hydroxylation is 1. The van der Waals surface area contributed by atoms with Crippen LogP contribution in [0.1, 0.15) is 36.7 Å². The Bertz CT molecular complexity index is 364. The summed E-state index contributed by atoms with van der Waals surface area (Å²) in [5.74, 6) is 0.0590. The van der Waals surface area contributed by atoms with Gasteiger partial charge in [0.05, 0.1) is 0 Å². The van der Waals surface area contributed by atoms with Crippen LogP contribution in [0.5, 0.6) is 0 Å². The molecule has 17 heavy (non-hydrogen) atoms. The highest BCUT2D eigenvalue weighted by atomic mass is 16.2. The van der Waals surface area contributed by atoms with Crippen molar-refractivity contribution < 1.29 is 4.79 Å². The summed E-state index contributed by atoms with van der Waals surface area (Å²) in [5.41, 5.74) is 0.768. The van der Waals surface area contributed by atoms with Gasteiger partial charge in [0.2, 0.25) is 0 Å². The molecule has 2 rings (SSSR count). The molecule has 4 nitrogen and oxygen atoms in total. The van der Waals surface area contributed by atoms with Crippen LogP contribution in [0.4, 0.5) is 0 Å². The number of hydrogen-bond donors (Lipinski definition) is 2. The van der Waals surface area contributed by atoms with E-state index in [-0.39, 0.29) is 5.91 Å². The average molecular weight is 235 g/mol. The van der Waals surface area contributed by atoms with Crippen molar-refractivity contribution >= 4 is 5.91 Å². The number of amides is 1. The van der Waals surface area contributed by atoms with Gasteiger partial charge in [0, 0.05) is 18.8 Å². The van der Waals surface area contributed by atoms with Gasteiger partial charge in [0.15, 0.2) is 0 Å². The summed E-state index contributed by atoms with van der Waals surface area (Å²) in [6.07, 6.45) is 5.19. The molecule has 0 spiro atoms. The van der Waals surface area contributed by atoms with Crippen molar-refractivity contribution in [1.82, 2.24) is 15.2 Å². The van der Waals surface area contributed by atoms with Gasteiger partial charge in [-0.3, -0.25) is 4.79 Å². The van der Waals surface area contributed by atoms with Gasteiger partial charge in [0.1, 0.15) is 5.69 Å². The second-order valence-electron chi connectivity index (χ2n) is 4.53. The van der Waals surface area contributed by atoms with Crippen LogP contribution in [0.3, 0.4) is 0 Å². The number of carbonyl (C=O) groups excluding carboxylic acids is 1. The zero-order chi connectivity index (χ0) is 12.1. The third kappa shape index (κ3) is 3.09. The molecule has 0 bridgehead atoms. The van der Waals surface area contributed by atoms with E-state index in [0.29, 0.717) is 6.04 Å². The van der Waals surface area contributed by atoms with Crippen LogP contribution in [0.25, 0.3) is 0 Å². The maximum Gasteiger partial charge on any atom is 0.268 e. The van der Waals surface area contributed by atoms with Crippen LogP contribution in [-0.4, -0.2) is 29.6 Å². The molecule has 0 aromatic carbocycles. The van der Waals surface area contributed by atoms with Gasteiger partial charge in [-0.05, 0) is 51.4 Å². The zero-order valence-corrected chi connectivity index (χ0v) is 10.4. The highest BCUT2D eigenvalue weighted by Crippen LogP contribution is 2.08. The van der Waals surface area contributed by atoms with Gasteiger partial charge < -0.3 is 15.2 Å². The zero-order valence-electron chi connectivity index (χ0n) is 10.4. The number of hydrogen-bond acceptors (Lipinski definition) is 2. The number of nitrogens with one attached hydrogen (secondary N) is 2. The molecule has 1 aromatic heterocycles. The van der Waals surface area contributed by atoms with E-state index >= 15 is 0 Å². The first kappa shape index (κ1) is 12.2. The van der Waals surface area contributed by atoms with E-state index in [2.05, 4.69) is 10.6 Å². The summed E-state index contributed by atoms with van der Waals surface area (Å²) < 4.78 is 1.98. The minimum Gasteiger partial charge on any atom is -0.348 e. The molecule has 1 unspecified atom stereocenters. The molecule has 1 aromatic rings. The third-order valence-electron chi connectivity index (χ3n) is 3.31. The van der Waals surface area contributed by atoms with E-state index < -0.39 is 0 Å². The van der Waals surface area contributed by atoms with Crippen molar-refractivity contribution in [3.8, 4) is 0 Å². The quantitative estimate of drug-likeness (QED) is 0.831. The summed E-state index contributed by atoms with van der Waals surface area (Å²) in [6, 6.07) is 4.12. The summed E-state index contributed by atoms with van der Waals surface area (Å²) in [5, 5.41) is 6.49. The molecule has 0 radical (unpaired) electrons. The van der Waals surface area contributed by atoms with Crippen molar-refractivity contribution in [3.63, 3.8) is 0 Å². The second kappa shape index (κ2) is 5.87. The maximum atomic E-state index is 12.1. The van der Waals surface area contributed by atoms with Gasteiger partial charge in [-0.15, -0.1) is 0 Å². The fourth-order valence-corrected chi connectivity index (χ4v) is 2.32. The predicted octanol–water partition coefficient (Wildman–Crippen LogP) is 1.38. The largest absolute Gasteiger partial charge is 0.348 e. The Morgan fingerprint density at radius 3 is 3.24 bits per heavy atom. The summed E-state index contributed by atoms with van der Waals surface area (Å²) in [7, 11) is 0. The van der Waals surface area contributed by atoms with Gasteiger partial charge in [-0.25, -0.2) is 0 Å². The molecular formula is C13H21N3O. The molecule has 1 saturated heterocycles. The van der Waals surface area contributed by atoms with E-state index in [1.54, 1.807) is 0 Å². The van der Waals surface area contributed by atoms with E-state index in [9.17, 15) is 4.79 Å². The Hall–Kier alpha value is -1.29. The lowest BCUT2D eigenvalue weighted by Gasteiger charge is -2.16. The lowest BCUT2D eigenvalue weighted by molar-refractivity contribution is 0.0925.